The number of nitrogens with zero attached hydrogens (tertiary/aromatic N) is 2. The molecule has 2 heteroatoms. The van der Waals surface area contributed by atoms with Gasteiger partial charge in [0.05, 0.1) is 11.0 Å². The van der Waals surface area contributed by atoms with Crippen molar-refractivity contribution in [2.24, 2.45) is 0 Å². The number of hydrogen-bond acceptors (Lipinski definition) is 2. The lowest BCUT2D eigenvalue weighted by atomic mass is 10.2. The van der Waals surface area contributed by atoms with Gasteiger partial charge in [-0.1, -0.05) is 0 Å². The minimum atomic E-state index is 0.957. The maximum absolute atomic E-state index is 4.22. The molecule has 0 aromatic carbocycles. The van der Waals surface area contributed by atoms with E-state index in [2.05, 4.69) is 9.97 Å². The molecule has 0 aliphatic carbocycles. The second-order valence-electron chi connectivity index (χ2n) is 2.55. The van der Waals surface area contributed by atoms with E-state index in [4.69, 9.17) is 0 Å². The molecule has 2 nitrogen and oxygen atoms in total. The van der Waals surface area contributed by atoms with Gasteiger partial charge in [-0.25, -0.2) is 0 Å². The van der Waals surface area contributed by atoms with E-state index in [-0.39, 0.29) is 0 Å². The first kappa shape index (κ1) is 6.28. The molecule has 0 fully saturated rings. The van der Waals surface area contributed by atoms with Crippen molar-refractivity contribution in [2.75, 3.05) is 0 Å². The fraction of sp³-hybridized carbons (Fsp3) is 0.111. The Hall–Kier alpha value is -1.44. The first-order valence-electron chi connectivity index (χ1n) is 3.53. The van der Waals surface area contributed by atoms with E-state index in [0.717, 1.165) is 16.6 Å². The normalized spacial score (nSPS) is 10.3. The van der Waals surface area contributed by atoms with Crippen LogP contribution in [0, 0.1) is 6.92 Å². The maximum atomic E-state index is 4.22. The Labute approximate surface area is 64.9 Å². The summed E-state index contributed by atoms with van der Waals surface area (Å²) in [7, 11) is 0. The number of pyridine rings is 2. The summed E-state index contributed by atoms with van der Waals surface area (Å²) in [5, 5.41) is 0. The van der Waals surface area contributed by atoms with E-state index in [9.17, 15) is 0 Å². The van der Waals surface area contributed by atoms with Crippen LogP contribution in [0.1, 0.15) is 5.56 Å². The van der Waals surface area contributed by atoms with Crippen LogP contribution in [0.25, 0.3) is 11.0 Å². The van der Waals surface area contributed by atoms with Gasteiger partial charge in [0.2, 0.25) is 0 Å². The molecular weight excluding hydrogens is 136 g/mol. The summed E-state index contributed by atoms with van der Waals surface area (Å²) in [6.45, 7) is 2.02. The Morgan fingerprint density at radius 1 is 1.18 bits per heavy atom. The molecule has 11 heavy (non-hydrogen) atoms. The molecule has 0 atom stereocenters. The van der Waals surface area contributed by atoms with Crippen molar-refractivity contribution in [1.29, 1.82) is 0 Å². The summed E-state index contributed by atoms with van der Waals surface area (Å²) in [5.74, 6) is 0. The number of aryl methyl sites for hydroxylation is 1. The van der Waals surface area contributed by atoms with E-state index in [1.807, 2.05) is 31.3 Å². The van der Waals surface area contributed by atoms with Gasteiger partial charge in [0, 0.05) is 12.4 Å². The largest absolute Gasteiger partial charge is 0.255 e. The number of rotatable bonds is 0. The summed E-state index contributed by atoms with van der Waals surface area (Å²) in [6.07, 6.45) is 3.63. The van der Waals surface area contributed by atoms with Gasteiger partial charge in [-0.15, -0.1) is 0 Å². The summed E-state index contributed by atoms with van der Waals surface area (Å²) >= 11 is 0. The molecule has 0 amide bonds. The van der Waals surface area contributed by atoms with Crippen LogP contribution in [-0.4, -0.2) is 9.97 Å². The molecule has 54 valence electrons. The summed E-state index contributed by atoms with van der Waals surface area (Å²) in [4.78, 5) is 8.40. The molecule has 0 aliphatic heterocycles. The first-order chi connectivity index (χ1) is 5.36. The molecule has 2 rings (SSSR count). The Morgan fingerprint density at radius 2 is 2.09 bits per heavy atom. The van der Waals surface area contributed by atoms with Crippen LogP contribution in [0.5, 0.6) is 0 Å². The lowest BCUT2D eigenvalue weighted by Gasteiger charge is -1.95. The smallest absolute Gasteiger partial charge is 0.0889 e. The van der Waals surface area contributed by atoms with Crippen LogP contribution in [0.2, 0.25) is 0 Å². The van der Waals surface area contributed by atoms with Crippen molar-refractivity contribution in [3.63, 3.8) is 0 Å². The minimum Gasteiger partial charge on any atom is -0.255 e. The van der Waals surface area contributed by atoms with Crippen molar-refractivity contribution in [2.45, 2.75) is 6.92 Å². The minimum absolute atomic E-state index is 0.957. The van der Waals surface area contributed by atoms with Gasteiger partial charge >= 0.3 is 0 Å². The highest BCUT2D eigenvalue weighted by Crippen LogP contribution is 2.08. The third-order valence-electron chi connectivity index (χ3n) is 1.59. The molecule has 0 saturated heterocycles. The average molecular weight is 144 g/mol. The molecule has 0 spiro atoms. The zero-order valence-electron chi connectivity index (χ0n) is 6.28. The van der Waals surface area contributed by atoms with Crippen LogP contribution < -0.4 is 0 Å². The van der Waals surface area contributed by atoms with Crippen molar-refractivity contribution >= 4 is 11.0 Å². The second kappa shape index (κ2) is 2.31. The molecule has 0 saturated carbocycles. The average Bonchev–Trinajstić information content (AvgIpc) is 2.04. The second-order valence-corrected chi connectivity index (χ2v) is 2.55. The van der Waals surface area contributed by atoms with Crippen molar-refractivity contribution in [1.82, 2.24) is 9.97 Å². The SMILES string of the molecule is Cc1cnc2cccnc2c1. The molecule has 2 heterocycles. The molecule has 0 N–H and O–H groups in total. The van der Waals surface area contributed by atoms with Crippen molar-refractivity contribution in [3.8, 4) is 0 Å². The standard InChI is InChI=1S/C9H8N2/c1-7-5-9-8(11-6-7)3-2-4-10-9/h2-6H,1H3. The summed E-state index contributed by atoms with van der Waals surface area (Å²) in [5.41, 5.74) is 3.07. The summed E-state index contributed by atoms with van der Waals surface area (Å²) < 4.78 is 0. The Balaban J connectivity index is 2.83. The number of hydrogen-bond donors (Lipinski definition) is 0. The fourth-order valence-electron chi connectivity index (χ4n) is 1.05. The quantitative estimate of drug-likeness (QED) is 0.564. The van der Waals surface area contributed by atoms with Gasteiger partial charge in [0.15, 0.2) is 0 Å². The topological polar surface area (TPSA) is 25.8 Å². The number of fused-ring (bicyclic) bond motifs is 1. The van der Waals surface area contributed by atoms with Gasteiger partial charge < -0.3 is 0 Å². The van der Waals surface area contributed by atoms with Crippen molar-refractivity contribution < 1.29 is 0 Å². The molecule has 0 radical (unpaired) electrons. The van der Waals surface area contributed by atoms with Crippen molar-refractivity contribution in [3.05, 3.63) is 36.2 Å². The molecule has 2 aromatic heterocycles. The zero-order chi connectivity index (χ0) is 7.68. The molecule has 2 aromatic rings. The van der Waals surface area contributed by atoms with Gasteiger partial charge in [0.1, 0.15) is 0 Å². The van der Waals surface area contributed by atoms with E-state index < -0.39 is 0 Å². The third kappa shape index (κ3) is 1.07. The van der Waals surface area contributed by atoms with Gasteiger partial charge in [0.25, 0.3) is 0 Å². The highest BCUT2D eigenvalue weighted by atomic mass is 14.7. The number of aromatic nitrogens is 2. The molecular formula is C9H8N2. The van der Waals surface area contributed by atoms with Crippen LogP contribution >= 0.6 is 0 Å². The van der Waals surface area contributed by atoms with Gasteiger partial charge in [-0.3, -0.25) is 9.97 Å². The van der Waals surface area contributed by atoms with Crippen LogP contribution in [-0.2, 0) is 0 Å². The first-order valence-corrected chi connectivity index (χ1v) is 3.53. The fourth-order valence-corrected chi connectivity index (χ4v) is 1.05. The lowest BCUT2D eigenvalue weighted by molar-refractivity contribution is 1.29. The predicted molar refractivity (Wildman–Crippen MR) is 44.3 cm³/mol. The highest BCUT2D eigenvalue weighted by molar-refractivity contribution is 5.73. The predicted octanol–water partition coefficient (Wildman–Crippen LogP) is 1.94. The van der Waals surface area contributed by atoms with Gasteiger partial charge in [-0.2, -0.15) is 0 Å². The van der Waals surface area contributed by atoms with E-state index >= 15 is 0 Å². The zero-order valence-corrected chi connectivity index (χ0v) is 6.28. The van der Waals surface area contributed by atoms with E-state index in [1.165, 1.54) is 0 Å². The third-order valence-corrected chi connectivity index (χ3v) is 1.59. The van der Waals surface area contributed by atoms with E-state index in [0.29, 0.717) is 0 Å². The molecule has 0 bridgehead atoms. The van der Waals surface area contributed by atoms with Gasteiger partial charge in [-0.05, 0) is 30.7 Å². The van der Waals surface area contributed by atoms with Crippen LogP contribution in [0.4, 0.5) is 0 Å². The van der Waals surface area contributed by atoms with Crippen LogP contribution in [0.15, 0.2) is 30.6 Å². The Bertz CT molecular complexity index is 382. The van der Waals surface area contributed by atoms with Crippen LogP contribution in [0.3, 0.4) is 0 Å². The van der Waals surface area contributed by atoms with E-state index in [1.54, 1.807) is 6.20 Å². The lowest BCUT2D eigenvalue weighted by Crippen LogP contribution is -1.82. The Kier molecular flexibility index (Phi) is 1.32. The summed E-state index contributed by atoms with van der Waals surface area (Å²) in [6, 6.07) is 5.88. The molecule has 0 unspecified atom stereocenters. The maximum Gasteiger partial charge on any atom is 0.0889 e. The highest BCUT2D eigenvalue weighted by Gasteiger charge is 1.92. The molecule has 0 aliphatic rings. The Morgan fingerprint density at radius 3 is 3.00 bits per heavy atom. The monoisotopic (exact) mass is 144 g/mol.